The van der Waals surface area contributed by atoms with Gasteiger partial charge in [-0.25, -0.2) is 9.78 Å². The highest BCUT2D eigenvalue weighted by molar-refractivity contribution is 5.93. The molecule has 1 aliphatic rings. The van der Waals surface area contributed by atoms with Gasteiger partial charge in [0.1, 0.15) is 18.0 Å². The number of nitrogens with one attached hydrogen (secondary N) is 2. The Kier molecular flexibility index (Phi) is 5.31. The van der Waals surface area contributed by atoms with Crippen LogP contribution in [-0.4, -0.2) is 46.0 Å². The average molecular weight is 356 g/mol. The maximum absolute atomic E-state index is 12.2. The molecule has 0 spiro atoms. The Morgan fingerprint density at radius 3 is 2.85 bits per heavy atom. The van der Waals surface area contributed by atoms with Crippen molar-refractivity contribution in [1.29, 1.82) is 0 Å². The molecule has 0 saturated carbocycles. The first-order valence-electron chi connectivity index (χ1n) is 8.35. The Morgan fingerprint density at radius 1 is 1.35 bits per heavy atom. The van der Waals surface area contributed by atoms with E-state index in [0.29, 0.717) is 25.3 Å². The highest BCUT2D eigenvalue weighted by Gasteiger charge is 2.29. The van der Waals surface area contributed by atoms with Crippen LogP contribution in [0.15, 0.2) is 41.3 Å². The number of aromatic amines is 1. The largest absolute Gasteiger partial charge is 0.445 e. The number of H-pyrrole nitrogens is 1. The molecule has 136 valence electrons. The number of aryl methyl sites for hydroxylation is 1. The number of nitrogens with zero attached hydrogens (tertiary/aromatic N) is 2. The highest BCUT2D eigenvalue weighted by atomic mass is 16.6. The Balaban J connectivity index is 1.51. The number of amides is 2. The van der Waals surface area contributed by atoms with Gasteiger partial charge in [-0.3, -0.25) is 9.59 Å². The number of ether oxygens (including phenoxy) is 1. The lowest BCUT2D eigenvalue weighted by Gasteiger charge is -2.17. The Labute approximate surface area is 150 Å². The first-order chi connectivity index (χ1) is 12.5. The SMILES string of the molecule is Cc1ncc(C(=O)N[C@H]2CCN(C(=O)OCc3ccccc3)C2)c(=O)[nH]1. The molecule has 2 heterocycles. The van der Waals surface area contributed by atoms with Gasteiger partial charge in [0.15, 0.2) is 0 Å². The number of aromatic nitrogens is 2. The monoisotopic (exact) mass is 356 g/mol. The van der Waals surface area contributed by atoms with E-state index in [4.69, 9.17) is 4.74 Å². The molecule has 1 aliphatic heterocycles. The molecule has 1 saturated heterocycles. The van der Waals surface area contributed by atoms with Crippen molar-refractivity contribution in [2.45, 2.75) is 26.0 Å². The Morgan fingerprint density at radius 2 is 2.12 bits per heavy atom. The van der Waals surface area contributed by atoms with E-state index in [2.05, 4.69) is 15.3 Å². The van der Waals surface area contributed by atoms with Crippen molar-refractivity contribution in [1.82, 2.24) is 20.2 Å². The molecule has 0 aliphatic carbocycles. The van der Waals surface area contributed by atoms with E-state index in [9.17, 15) is 14.4 Å². The summed E-state index contributed by atoms with van der Waals surface area (Å²) in [5.41, 5.74) is 0.392. The third-order valence-electron chi connectivity index (χ3n) is 4.16. The van der Waals surface area contributed by atoms with Crippen LogP contribution in [0.4, 0.5) is 4.79 Å². The Hall–Kier alpha value is -3.16. The second-order valence-corrected chi connectivity index (χ2v) is 6.16. The fourth-order valence-corrected chi connectivity index (χ4v) is 2.76. The van der Waals surface area contributed by atoms with Crippen molar-refractivity contribution >= 4 is 12.0 Å². The molecule has 2 N–H and O–H groups in total. The van der Waals surface area contributed by atoms with Crippen molar-refractivity contribution in [3.8, 4) is 0 Å². The van der Waals surface area contributed by atoms with Crippen molar-refractivity contribution in [2.75, 3.05) is 13.1 Å². The first kappa shape index (κ1) is 17.7. The lowest BCUT2D eigenvalue weighted by atomic mass is 10.2. The van der Waals surface area contributed by atoms with E-state index in [0.717, 1.165) is 5.56 Å². The lowest BCUT2D eigenvalue weighted by Crippen LogP contribution is -2.40. The molecular formula is C18H20N4O4. The minimum Gasteiger partial charge on any atom is -0.445 e. The van der Waals surface area contributed by atoms with Crippen molar-refractivity contribution in [3.05, 3.63) is 63.8 Å². The summed E-state index contributed by atoms with van der Waals surface area (Å²) in [4.78, 5) is 44.1. The molecule has 0 unspecified atom stereocenters. The zero-order valence-corrected chi connectivity index (χ0v) is 14.4. The first-order valence-corrected chi connectivity index (χ1v) is 8.35. The van der Waals surface area contributed by atoms with E-state index in [1.165, 1.54) is 6.20 Å². The van der Waals surface area contributed by atoms with Gasteiger partial charge in [0, 0.05) is 25.3 Å². The van der Waals surface area contributed by atoms with Gasteiger partial charge in [-0.1, -0.05) is 30.3 Å². The predicted molar refractivity (Wildman–Crippen MR) is 93.7 cm³/mol. The smallest absolute Gasteiger partial charge is 0.410 e. The summed E-state index contributed by atoms with van der Waals surface area (Å²) in [5.74, 6) is -0.0528. The van der Waals surface area contributed by atoms with Crippen LogP contribution in [0, 0.1) is 6.92 Å². The quantitative estimate of drug-likeness (QED) is 0.857. The van der Waals surface area contributed by atoms with E-state index >= 15 is 0 Å². The van der Waals surface area contributed by atoms with Crippen LogP contribution >= 0.6 is 0 Å². The zero-order chi connectivity index (χ0) is 18.5. The third kappa shape index (κ3) is 4.27. The number of rotatable bonds is 4. The molecular weight excluding hydrogens is 336 g/mol. The third-order valence-corrected chi connectivity index (χ3v) is 4.16. The molecule has 2 amide bonds. The van der Waals surface area contributed by atoms with E-state index in [1.807, 2.05) is 30.3 Å². The molecule has 3 rings (SSSR count). The summed E-state index contributed by atoms with van der Waals surface area (Å²) in [6.45, 7) is 2.67. The van der Waals surface area contributed by atoms with E-state index in [1.54, 1.807) is 11.8 Å². The molecule has 26 heavy (non-hydrogen) atoms. The molecule has 1 aromatic carbocycles. The summed E-state index contributed by atoms with van der Waals surface area (Å²) >= 11 is 0. The van der Waals surface area contributed by atoms with Crippen LogP contribution < -0.4 is 10.9 Å². The molecule has 2 aromatic rings. The van der Waals surface area contributed by atoms with Crippen LogP contribution in [0.1, 0.15) is 28.2 Å². The topological polar surface area (TPSA) is 104 Å². The van der Waals surface area contributed by atoms with Gasteiger partial charge in [0.25, 0.3) is 11.5 Å². The Bertz CT molecular complexity index is 850. The van der Waals surface area contributed by atoms with Gasteiger partial charge in [-0.15, -0.1) is 0 Å². The van der Waals surface area contributed by atoms with Crippen LogP contribution in [0.2, 0.25) is 0 Å². The van der Waals surface area contributed by atoms with Crippen LogP contribution in [-0.2, 0) is 11.3 Å². The number of carbonyl (C=O) groups is 2. The molecule has 0 radical (unpaired) electrons. The number of carbonyl (C=O) groups excluding carboxylic acids is 2. The zero-order valence-electron chi connectivity index (χ0n) is 14.4. The van der Waals surface area contributed by atoms with Gasteiger partial charge in [0.05, 0.1) is 0 Å². The van der Waals surface area contributed by atoms with E-state index < -0.39 is 17.6 Å². The van der Waals surface area contributed by atoms with Crippen LogP contribution in [0.5, 0.6) is 0 Å². The second-order valence-electron chi connectivity index (χ2n) is 6.16. The second kappa shape index (κ2) is 7.81. The molecule has 1 fully saturated rings. The van der Waals surface area contributed by atoms with Crippen LogP contribution in [0.25, 0.3) is 0 Å². The molecule has 1 atom stereocenters. The summed E-state index contributed by atoms with van der Waals surface area (Å²) in [6, 6.07) is 9.19. The summed E-state index contributed by atoms with van der Waals surface area (Å²) in [6.07, 6.45) is 1.44. The van der Waals surface area contributed by atoms with Crippen molar-refractivity contribution in [3.63, 3.8) is 0 Å². The van der Waals surface area contributed by atoms with Gasteiger partial charge in [-0.05, 0) is 18.9 Å². The van der Waals surface area contributed by atoms with Gasteiger partial charge in [0.2, 0.25) is 0 Å². The maximum atomic E-state index is 12.2. The number of hydrogen-bond donors (Lipinski definition) is 2. The molecule has 8 nitrogen and oxygen atoms in total. The molecule has 1 aromatic heterocycles. The summed E-state index contributed by atoms with van der Waals surface area (Å²) < 4.78 is 5.29. The molecule has 8 heteroatoms. The normalized spacial score (nSPS) is 16.3. The fourth-order valence-electron chi connectivity index (χ4n) is 2.76. The van der Waals surface area contributed by atoms with Crippen LogP contribution in [0.3, 0.4) is 0 Å². The van der Waals surface area contributed by atoms with Gasteiger partial charge < -0.3 is 19.9 Å². The summed E-state index contributed by atoms with van der Waals surface area (Å²) in [7, 11) is 0. The molecule has 0 bridgehead atoms. The van der Waals surface area contributed by atoms with Gasteiger partial charge in [-0.2, -0.15) is 0 Å². The van der Waals surface area contributed by atoms with Crippen molar-refractivity contribution in [2.24, 2.45) is 0 Å². The highest BCUT2D eigenvalue weighted by Crippen LogP contribution is 2.12. The average Bonchev–Trinajstić information content (AvgIpc) is 3.09. The van der Waals surface area contributed by atoms with Crippen molar-refractivity contribution < 1.29 is 14.3 Å². The standard InChI is InChI=1S/C18H20N4O4/c1-12-19-9-15(16(23)20-12)17(24)21-14-7-8-22(10-14)18(25)26-11-13-5-3-2-4-6-13/h2-6,9,14H,7-8,10-11H2,1H3,(H,21,24)(H,19,20,23)/t14-/m0/s1. The summed E-state index contributed by atoms with van der Waals surface area (Å²) in [5, 5.41) is 2.77. The number of likely N-dealkylation sites (tertiary alicyclic amines) is 1. The lowest BCUT2D eigenvalue weighted by molar-refractivity contribution is 0.0920. The maximum Gasteiger partial charge on any atom is 0.410 e. The number of benzene rings is 1. The van der Waals surface area contributed by atoms with Gasteiger partial charge >= 0.3 is 6.09 Å². The fraction of sp³-hybridized carbons (Fsp3) is 0.333. The van der Waals surface area contributed by atoms with E-state index in [-0.39, 0.29) is 18.2 Å². The number of hydrogen-bond acceptors (Lipinski definition) is 5. The predicted octanol–water partition coefficient (Wildman–Crippen LogP) is 1.22. The minimum atomic E-state index is -0.497. The minimum absolute atomic E-state index is 0.0410.